The summed E-state index contributed by atoms with van der Waals surface area (Å²) < 4.78 is 17.2. The smallest absolute Gasteiger partial charge is 0.163 e. The van der Waals surface area contributed by atoms with E-state index < -0.39 is 0 Å². The quantitative estimate of drug-likeness (QED) is 0.656. The van der Waals surface area contributed by atoms with Crippen LogP contribution in [0.2, 0.25) is 5.02 Å². The lowest BCUT2D eigenvalue weighted by Crippen LogP contribution is -2.41. The molecule has 0 saturated carbocycles. The van der Waals surface area contributed by atoms with Crippen molar-refractivity contribution in [3.05, 3.63) is 47.7 Å². The molecular weight excluding hydrogens is 380 g/mol. The van der Waals surface area contributed by atoms with Gasteiger partial charge in [-0.1, -0.05) is 17.7 Å². The number of fused-ring (bicyclic) bond motifs is 1. The Labute approximate surface area is 168 Å². The second kappa shape index (κ2) is 8.60. The van der Waals surface area contributed by atoms with Gasteiger partial charge in [-0.2, -0.15) is 0 Å². The molecule has 3 aromatic rings. The maximum atomic E-state index is 6.07. The summed E-state index contributed by atoms with van der Waals surface area (Å²) in [6, 6.07) is 11.2. The molecule has 28 heavy (non-hydrogen) atoms. The molecule has 1 unspecified atom stereocenters. The molecule has 4 rings (SSSR count). The van der Waals surface area contributed by atoms with Gasteiger partial charge in [0.15, 0.2) is 11.5 Å². The summed E-state index contributed by atoms with van der Waals surface area (Å²) in [6.45, 7) is 2.77. The predicted molar refractivity (Wildman–Crippen MR) is 109 cm³/mol. The fraction of sp³-hybridized carbons (Fsp3) is 0.300. The molecule has 2 aromatic carbocycles. The molecule has 1 fully saturated rings. The summed E-state index contributed by atoms with van der Waals surface area (Å²) in [6.07, 6.45) is 1.53. The highest BCUT2D eigenvalue weighted by atomic mass is 35.5. The van der Waals surface area contributed by atoms with E-state index >= 15 is 0 Å². The average Bonchev–Trinajstić information content (AvgIpc) is 2.72. The van der Waals surface area contributed by atoms with Gasteiger partial charge in [0.05, 0.1) is 19.2 Å². The first-order chi connectivity index (χ1) is 13.7. The van der Waals surface area contributed by atoms with Gasteiger partial charge < -0.3 is 24.8 Å². The minimum Gasteiger partial charge on any atom is -0.493 e. The standard InChI is InChI=1S/C20H21ClN4O3/c1-26-18-8-16-17(9-19(18)28-11-15-10-22-5-6-27-15)23-12-24-20(16)25-14-4-2-3-13(21)7-14/h2-4,7-9,12,15,22H,5-6,10-11H2,1H3,(H,23,24,25). The number of rotatable bonds is 6. The fourth-order valence-electron chi connectivity index (χ4n) is 3.05. The number of nitrogens with zero attached hydrogens (tertiary/aromatic N) is 2. The predicted octanol–water partition coefficient (Wildman–Crippen LogP) is 3.40. The Balaban J connectivity index is 1.61. The SMILES string of the molecule is COc1cc2c(Nc3cccc(Cl)c3)ncnc2cc1OCC1CNCCO1. The highest BCUT2D eigenvalue weighted by Crippen LogP contribution is 2.35. The Morgan fingerprint density at radius 2 is 2.18 bits per heavy atom. The maximum Gasteiger partial charge on any atom is 0.163 e. The molecule has 146 valence electrons. The minimum absolute atomic E-state index is 0.0135. The highest BCUT2D eigenvalue weighted by Gasteiger charge is 2.17. The lowest BCUT2D eigenvalue weighted by atomic mass is 10.2. The Bertz CT molecular complexity index is 963. The van der Waals surface area contributed by atoms with Crippen molar-refractivity contribution in [2.75, 3.05) is 38.7 Å². The molecule has 0 radical (unpaired) electrons. The number of anilines is 2. The third-order valence-electron chi connectivity index (χ3n) is 4.44. The molecule has 1 aromatic heterocycles. The fourth-order valence-corrected chi connectivity index (χ4v) is 3.24. The summed E-state index contributed by atoms with van der Waals surface area (Å²) in [4.78, 5) is 8.74. The zero-order chi connectivity index (χ0) is 19.3. The van der Waals surface area contributed by atoms with E-state index in [9.17, 15) is 0 Å². The number of benzene rings is 2. The number of methoxy groups -OCH3 is 1. The van der Waals surface area contributed by atoms with Gasteiger partial charge in [-0.05, 0) is 24.3 Å². The zero-order valence-corrected chi connectivity index (χ0v) is 16.2. The largest absolute Gasteiger partial charge is 0.493 e. The van der Waals surface area contributed by atoms with E-state index in [4.69, 9.17) is 25.8 Å². The molecular formula is C20H21ClN4O3. The molecule has 2 heterocycles. The van der Waals surface area contributed by atoms with Crippen LogP contribution in [0.15, 0.2) is 42.7 Å². The van der Waals surface area contributed by atoms with Crippen molar-refractivity contribution >= 4 is 34.0 Å². The highest BCUT2D eigenvalue weighted by molar-refractivity contribution is 6.30. The first-order valence-electron chi connectivity index (χ1n) is 9.03. The molecule has 0 spiro atoms. The van der Waals surface area contributed by atoms with Crippen LogP contribution in [0.3, 0.4) is 0 Å². The zero-order valence-electron chi connectivity index (χ0n) is 15.4. The van der Waals surface area contributed by atoms with Crippen molar-refractivity contribution in [2.24, 2.45) is 0 Å². The van der Waals surface area contributed by atoms with E-state index in [2.05, 4.69) is 20.6 Å². The summed E-state index contributed by atoms with van der Waals surface area (Å²) in [5.74, 6) is 1.90. The third-order valence-corrected chi connectivity index (χ3v) is 4.67. The Morgan fingerprint density at radius 1 is 1.25 bits per heavy atom. The third kappa shape index (κ3) is 4.27. The van der Waals surface area contributed by atoms with Crippen molar-refractivity contribution in [3.8, 4) is 11.5 Å². The number of halogens is 1. The molecule has 1 aliphatic rings. The Hall–Kier alpha value is -2.61. The normalized spacial score (nSPS) is 16.7. The van der Waals surface area contributed by atoms with Gasteiger partial charge in [0.25, 0.3) is 0 Å². The van der Waals surface area contributed by atoms with E-state index in [1.165, 1.54) is 6.33 Å². The molecule has 2 N–H and O–H groups in total. The van der Waals surface area contributed by atoms with Gasteiger partial charge in [-0.25, -0.2) is 9.97 Å². The Kier molecular flexibility index (Phi) is 5.76. The van der Waals surface area contributed by atoms with Gasteiger partial charge in [0.1, 0.15) is 24.9 Å². The molecule has 0 bridgehead atoms. The molecule has 1 saturated heterocycles. The van der Waals surface area contributed by atoms with Crippen molar-refractivity contribution < 1.29 is 14.2 Å². The summed E-state index contributed by atoms with van der Waals surface area (Å²) >= 11 is 6.07. The van der Waals surface area contributed by atoms with Crippen LogP contribution >= 0.6 is 11.6 Å². The van der Waals surface area contributed by atoms with Gasteiger partial charge in [-0.15, -0.1) is 0 Å². The van der Waals surface area contributed by atoms with Crippen LogP contribution in [0.5, 0.6) is 11.5 Å². The van der Waals surface area contributed by atoms with Crippen LogP contribution in [0.25, 0.3) is 10.9 Å². The summed E-state index contributed by atoms with van der Waals surface area (Å²) in [5.41, 5.74) is 1.59. The van der Waals surface area contributed by atoms with Crippen LogP contribution in [-0.4, -0.2) is 49.5 Å². The summed E-state index contributed by atoms with van der Waals surface area (Å²) in [7, 11) is 1.61. The number of aromatic nitrogens is 2. The number of hydrogen-bond donors (Lipinski definition) is 2. The van der Waals surface area contributed by atoms with Crippen molar-refractivity contribution in [3.63, 3.8) is 0 Å². The molecule has 1 atom stereocenters. The Morgan fingerprint density at radius 3 is 2.96 bits per heavy atom. The van der Waals surface area contributed by atoms with Crippen molar-refractivity contribution in [1.82, 2.24) is 15.3 Å². The molecule has 1 aliphatic heterocycles. The van der Waals surface area contributed by atoms with Crippen molar-refractivity contribution in [2.45, 2.75) is 6.10 Å². The van der Waals surface area contributed by atoms with Gasteiger partial charge >= 0.3 is 0 Å². The first kappa shape index (κ1) is 18.7. The van der Waals surface area contributed by atoms with Crippen LogP contribution in [0.1, 0.15) is 0 Å². The topological polar surface area (TPSA) is 77.5 Å². The van der Waals surface area contributed by atoms with E-state index in [0.29, 0.717) is 35.6 Å². The van der Waals surface area contributed by atoms with Crippen LogP contribution in [0.4, 0.5) is 11.5 Å². The maximum absolute atomic E-state index is 6.07. The minimum atomic E-state index is 0.0135. The lowest BCUT2D eigenvalue weighted by molar-refractivity contribution is -0.000235. The lowest BCUT2D eigenvalue weighted by Gasteiger charge is -2.24. The number of hydrogen-bond acceptors (Lipinski definition) is 7. The van der Waals surface area contributed by atoms with E-state index in [1.807, 2.05) is 36.4 Å². The van der Waals surface area contributed by atoms with E-state index in [0.717, 1.165) is 29.7 Å². The second-order valence-electron chi connectivity index (χ2n) is 6.39. The summed E-state index contributed by atoms with van der Waals surface area (Å²) in [5, 5.41) is 8.04. The number of morpholine rings is 1. The van der Waals surface area contributed by atoms with Crippen LogP contribution in [-0.2, 0) is 4.74 Å². The second-order valence-corrected chi connectivity index (χ2v) is 6.82. The molecule has 7 nitrogen and oxygen atoms in total. The van der Waals surface area contributed by atoms with Crippen LogP contribution in [0, 0.1) is 0 Å². The van der Waals surface area contributed by atoms with Gasteiger partial charge in [-0.3, -0.25) is 0 Å². The van der Waals surface area contributed by atoms with Gasteiger partial charge in [0, 0.05) is 35.3 Å². The molecule has 0 amide bonds. The van der Waals surface area contributed by atoms with E-state index in [-0.39, 0.29) is 6.10 Å². The monoisotopic (exact) mass is 400 g/mol. The van der Waals surface area contributed by atoms with Gasteiger partial charge in [0.2, 0.25) is 0 Å². The van der Waals surface area contributed by atoms with Crippen molar-refractivity contribution in [1.29, 1.82) is 0 Å². The average molecular weight is 401 g/mol. The number of nitrogens with one attached hydrogen (secondary N) is 2. The molecule has 0 aliphatic carbocycles. The molecule has 8 heteroatoms. The number of ether oxygens (including phenoxy) is 3. The van der Waals surface area contributed by atoms with Crippen LogP contribution < -0.4 is 20.1 Å². The first-order valence-corrected chi connectivity index (χ1v) is 9.41. The van der Waals surface area contributed by atoms with E-state index in [1.54, 1.807) is 7.11 Å².